The summed E-state index contributed by atoms with van der Waals surface area (Å²) >= 11 is 0. The Morgan fingerprint density at radius 2 is 2.12 bits per heavy atom. The Morgan fingerprint density at radius 3 is 2.92 bits per heavy atom. The van der Waals surface area contributed by atoms with Gasteiger partial charge in [0.1, 0.15) is 12.7 Å². The minimum absolute atomic E-state index is 0.0786. The molecule has 8 nitrogen and oxygen atoms in total. The number of nitrogens with zero attached hydrogens (tertiary/aromatic N) is 6. The molecule has 8 heteroatoms. The third-order valence-corrected chi connectivity index (χ3v) is 4.22. The Kier molecular flexibility index (Phi) is 4.53. The Balaban J connectivity index is 1.37. The average Bonchev–Trinajstić information content (AvgIpc) is 3.28. The first-order valence-corrected chi connectivity index (χ1v) is 8.32. The van der Waals surface area contributed by atoms with Gasteiger partial charge >= 0.3 is 0 Å². The van der Waals surface area contributed by atoms with Gasteiger partial charge < -0.3 is 9.26 Å². The van der Waals surface area contributed by atoms with E-state index >= 15 is 0 Å². The molecule has 130 valence electrons. The largest absolute Gasteiger partial charge is 0.374 e. The van der Waals surface area contributed by atoms with Crippen LogP contribution in [-0.2, 0) is 17.8 Å². The maximum absolute atomic E-state index is 5.81. The number of morpholine rings is 1. The van der Waals surface area contributed by atoms with Crippen LogP contribution in [0.5, 0.6) is 0 Å². The first kappa shape index (κ1) is 15.9. The molecule has 1 unspecified atom stereocenters. The molecule has 25 heavy (non-hydrogen) atoms. The van der Waals surface area contributed by atoms with E-state index in [1.54, 1.807) is 11.0 Å². The van der Waals surface area contributed by atoms with Crippen molar-refractivity contribution in [1.29, 1.82) is 0 Å². The van der Waals surface area contributed by atoms with Gasteiger partial charge in [-0.05, 0) is 6.92 Å². The monoisotopic (exact) mass is 340 g/mol. The molecule has 0 aliphatic carbocycles. The van der Waals surface area contributed by atoms with Crippen molar-refractivity contribution in [2.75, 3.05) is 19.7 Å². The summed E-state index contributed by atoms with van der Waals surface area (Å²) in [5, 5.41) is 8.22. The van der Waals surface area contributed by atoms with E-state index in [1.165, 1.54) is 11.9 Å². The lowest BCUT2D eigenvalue weighted by molar-refractivity contribution is -0.0426. The molecule has 0 N–H and O–H groups in total. The zero-order valence-electron chi connectivity index (χ0n) is 14.1. The predicted octanol–water partition coefficient (Wildman–Crippen LogP) is 1.54. The molecule has 1 atom stereocenters. The van der Waals surface area contributed by atoms with Crippen LogP contribution in [0.3, 0.4) is 0 Å². The van der Waals surface area contributed by atoms with Gasteiger partial charge in [-0.15, -0.1) is 0 Å². The topological polar surface area (TPSA) is 82.1 Å². The van der Waals surface area contributed by atoms with Crippen LogP contribution in [0.15, 0.2) is 41.4 Å². The summed E-state index contributed by atoms with van der Waals surface area (Å²) in [5.74, 6) is 1.25. The molecule has 1 saturated heterocycles. The third kappa shape index (κ3) is 3.92. The Labute approximate surface area is 145 Å². The molecule has 0 spiro atoms. The molecular weight excluding hydrogens is 320 g/mol. The van der Waals surface area contributed by atoms with Crippen molar-refractivity contribution in [2.24, 2.45) is 0 Å². The smallest absolute Gasteiger partial charge is 0.241 e. The number of benzene rings is 1. The van der Waals surface area contributed by atoms with Gasteiger partial charge in [0.25, 0.3) is 0 Å². The van der Waals surface area contributed by atoms with E-state index in [-0.39, 0.29) is 6.10 Å². The highest BCUT2D eigenvalue weighted by Crippen LogP contribution is 2.17. The predicted molar refractivity (Wildman–Crippen MR) is 89.5 cm³/mol. The minimum Gasteiger partial charge on any atom is -0.374 e. The van der Waals surface area contributed by atoms with Gasteiger partial charge in [-0.2, -0.15) is 10.1 Å². The normalized spacial score (nSPS) is 18.5. The van der Waals surface area contributed by atoms with E-state index in [0.717, 1.165) is 18.7 Å². The summed E-state index contributed by atoms with van der Waals surface area (Å²) in [7, 11) is 0. The lowest BCUT2D eigenvalue weighted by atomic mass is 10.1. The Hall–Kier alpha value is -2.58. The number of aromatic nitrogens is 5. The van der Waals surface area contributed by atoms with Crippen LogP contribution in [0.4, 0.5) is 0 Å². The number of hydrogen-bond donors (Lipinski definition) is 0. The zero-order valence-corrected chi connectivity index (χ0v) is 14.1. The highest BCUT2D eigenvalue weighted by molar-refractivity contribution is 5.54. The minimum atomic E-state index is 0.0786. The fraction of sp³-hybridized carbons (Fsp3) is 0.412. The molecule has 0 bridgehead atoms. The van der Waals surface area contributed by atoms with Gasteiger partial charge in [0.05, 0.1) is 25.8 Å². The first-order chi connectivity index (χ1) is 12.3. The third-order valence-electron chi connectivity index (χ3n) is 4.22. The summed E-state index contributed by atoms with van der Waals surface area (Å²) in [6.07, 6.45) is 3.31. The van der Waals surface area contributed by atoms with Crippen LogP contribution in [0.25, 0.3) is 11.4 Å². The summed E-state index contributed by atoms with van der Waals surface area (Å²) in [6, 6.07) is 8.10. The van der Waals surface area contributed by atoms with E-state index in [1.807, 2.05) is 24.3 Å². The van der Waals surface area contributed by atoms with Crippen molar-refractivity contribution in [3.05, 3.63) is 48.4 Å². The van der Waals surface area contributed by atoms with Crippen molar-refractivity contribution in [3.63, 3.8) is 0 Å². The maximum Gasteiger partial charge on any atom is 0.241 e. The Bertz CT molecular complexity index is 799. The van der Waals surface area contributed by atoms with E-state index in [4.69, 9.17) is 9.26 Å². The van der Waals surface area contributed by atoms with Crippen molar-refractivity contribution >= 4 is 0 Å². The number of ether oxygens (including phenoxy) is 1. The van der Waals surface area contributed by atoms with Crippen LogP contribution in [0, 0.1) is 6.92 Å². The molecule has 3 aromatic rings. The van der Waals surface area contributed by atoms with Gasteiger partial charge in [0, 0.05) is 18.7 Å². The highest BCUT2D eigenvalue weighted by Gasteiger charge is 2.23. The second kappa shape index (κ2) is 7.12. The van der Waals surface area contributed by atoms with Crippen molar-refractivity contribution in [1.82, 2.24) is 29.8 Å². The molecule has 3 heterocycles. The lowest BCUT2D eigenvalue weighted by Gasteiger charge is -2.31. The van der Waals surface area contributed by atoms with E-state index in [2.05, 4.69) is 32.0 Å². The molecular formula is C17H20N6O2. The van der Waals surface area contributed by atoms with Gasteiger partial charge in [0.2, 0.25) is 11.7 Å². The summed E-state index contributed by atoms with van der Waals surface area (Å²) < 4.78 is 13.0. The number of hydrogen-bond acceptors (Lipinski definition) is 7. The van der Waals surface area contributed by atoms with E-state index in [9.17, 15) is 0 Å². The quantitative estimate of drug-likeness (QED) is 0.697. The molecule has 0 saturated carbocycles. The average molecular weight is 340 g/mol. The summed E-state index contributed by atoms with van der Waals surface area (Å²) in [5.41, 5.74) is 2.17. The van der Waals surface area contributed by atoms with Crippen LogP contribution in [0.1, 0.15) is 11.5 Å². The molecule has 0 amide bonds. The fourth-order valence-corrected chi connectivity index (χ4v) is 2.90. The van der Waals surface area contributed by atoms with Crippen LogP contribution in [-0.4, -0.2) is 55.6 Å². The molecule has 1 fully saturated rings. The molecule has 2 aromatic heterocycles. The maximum atomic E-state index is 5.81. The molecule has 1 aliphatic heterocycles. The lowest BCUT2D eigenvalue weighted by Crippen LogP contribution is -2.43. The second-order valence-electron chi connectivity index (χ2n) is 6.22. The van der Waals surface area contributed by atoms with Crippen LogP contribution < -0.4 is 0 Å². The molecule has 0 radical (unpaired) electrons. The first-order valence-electron chi connectivity index (χ1n) is 8.32. The van der Waals surface area contributed by atoms with Gasteiger partial charge in [-0.3, -0.25) is 9.58 Å². The standard InChI is InChI=1S/C17H20N6O2/c1-13-2-4-14(5-3-13)17-20-16(25-21-17)10-22-6-7-24-15(8-22)9-23-12-18-11-19-23/h2-5,11-12,15H,6-10H2,1H3. The Morgan fingerprint density at radius 1 is 1.24 bits per heavy atom. The van der Waals surface area contributed by atoms with Crippen molar-refractivity contribution in [2.45, 2.75) is 26.1 Å². The van der Waals surface area contributed by atoms with E-state index in [0.29, 0.717) is 31.4 Å². The molecule has 4 rings (SSSR count). The van der Waals surface area contributed by atoms with Crippen molar-refractivity contribution in [3.8, 4) is 11.4 Å². The van der Waals surface area contributed by atoms with Crippen LogP contribution >= 0.6 is 0 Å². The summed E-state index contributed by atoms with van der Waals surface area (Å²) in [6.45, 7) is 5.68. The second-order valence-corrected chi connectivity index (χ2v) is 6.22. The van der Waals surface area contributed by atoms with Crippen LogP contribution in [0.2, 0.25) is 0 Å². The fourth-order valence-electron chi connectivity index (χ4n) is 2.90. The van der Waals surface area contributed by atoms with Gasteiger partial charge in [-0.25, -0.2) is 4.98 Å². The molecule has 1 aromatic carbocycles. The van der Waals surface area contributed by atoms with Gasteiger partial charge in [-0.1, -0.05) is 35.0 Å². The highest BCUT2D eigenvalue weighted by atomic mass is 16.5. The number of aryl methyl sites for hydroxylation is 1. The van der Waals surface area contributed by atoms with Crippen molar-refractivity contribution < 1.29 is 9.26 Å². The van der Waals surface area contributed by atoms with Gasteiger partial charge in [0.15, 0.2) is 0 Å². The summed E-state index contributed by atoms with van der Waals surface area (Å²) in [4.78, 5) is 10.7. The zero-order chi connectivity index (χ0) is 17.1. The SMILES string of the molecule is Cc1ccc(-c2noc(CN3CCOC(Cn4cncn4)C3)n2)cc1. The van der Waals surface area contributed by atoms with E-state index < -0.39 is 0 Å². The molecule has 1 aliphatic rings. The number of rotatable bonds is 5.